The first-order chi connectivity index (χ1) is 11.9. The van der Waals surface area contributed by atoms with E-state index in [2.05, 4.69) is 0 Å². The first kappa shape index (κ1) is 18.2. The molecule has 5 nitrogen and oxygen atoms in total. The summed E-state index contributed by atoms with van der Waals surface area (Å²) in [5, 5.41) is 10.9. The van der Waals surface area contributed by atoms with E-state index in [1.165, 1.54) is 0 Å². The standard InChI is InChI=1S/C19H25ClN2O3/c1-2-21-13-19(7-6-16(21)23)8-10-22(11-9-19)18(25)17(24)14-4-3-5-15(20)12-14/h3-5,12,17,24H,2,6-11,13H2,1H3/t17-/m0/s1. The van der Waals surface area contributed by atoms with E-state index in [9.17, 15) is 14.7 Å². The minimum Gasteiger partial charge on any atom is -0.378 e. The number of likely N-dealkylation sites (tertiary alicyclic amines) is 2. The second-order valence-corrected chi connectivity index (χ2v) is 7.63. The Morgan fingerprint density at radius 2 is 2.04 bits per heavy atom. The monoisotopic (exact) mass is 364 g/mol. The lowest BCUT2D eigenvalue weighted by Crippen LogP contribution is -2.52. The third kappa shape index (κ3) is 3.82. The van der Waals surface area contributed by atoms with Crippen LogP contribution in [0.1, 0.15) is 44.3 Å². The number of amides is 2. The van der Waals surface area contributed by atoms with Gasteiger partial charge in [0.15, 0.2) is 6.10 Å². The SMILES string of the molecule is CCN1CC2(CCC1=O)CCN(C(=O)[C@@H](O)c1cccc(Cl)c1)CC2. The van der Waals surface area contributed by atoms with Crippen molar-refractivity contribution in [3.8, 4) is 0 Å². The summed E-state index contributed by atoms with van der Waals surface area (Å²) >= 11 is 5.95. The molecule has 0 saturated carbocycles. The molecule has 136 valence electrons. The second kappa shape index (κ2) is 7.34. The summed E-state index contributed by atoms with van der Waals surface area (Å²) < 4.78 is 0. The van der Waals surface area contributed by atoms with Gasteiger partial charge in [-0.05, 0) is 49.3 Å². The van der Waals surface area contributed by atoms with Crippen LogP contribution in [-0.4, -0.2) is 52.9 Å². The fourth-order valence-corrected chi connectivity index (χ4v) is 4.19. The van der Waals surface area contributed by atoms with Crippen molar-refractivity contribution in [2.75, 3.05) is 26.2 Å². The molecule has 0 unspecified atom stereocenters. The van der Waals surface area contributed by atoms with Gasteiger partial charge in [-0.15, -0.1) is 0 Å². The molecule has 2 aliphatic heterocycles. The molecule has 2 fully saturated rings. The van der Waals surface area contributed by atoms with E-state index in [1.54, 1.807) is 29.2 Å². The molecule has 0 radical (unpaired) electrons. The van der Waals surface area contributed by atoms with Crippen molar-refractivity contribution < 1.29 is 14.7 Å². The van der Waals surface area contributed by atoms with Crippen LogP contribution in [0.25, 0.3) is 0 Å². The Balaban J connectivity index is 1.62. The largest absolute Gasteiger partial charge is 0.378 e. The van der Waals surface area contributed by atoms with Crippen molar-refractivity contribution in [3.05, 3.63) is 34.9 Å². The van der Waals surface area contributed by atoms with Crippen molar-refractivity contribution in [2.24, 2.45) is 5.41 Å². The number of piperidine rings is 2. The molecule has 2 heterocycles. The Kier molecular flexibility index (Phi) is 5.35. The van der Waals surface area contributed by atoms with Crippen molar-refractivity contribution in [1.29, 1.82) is 0 Å². The van der Waals surface area contributed by atoms with E-state index in [1.807, 2.05) is 11.8 Å². The highest BCUT2D eigenvalue weighted by Gasteiger charge is 2.41. The molecule has 0 aromatic heterocycles. The van der Waals surface area contributed by atoms with Gasteiger partial charge < -0.3 is 14.9 Å². The predicted octanol–water partition coefficient (Wildman–Crippen LogP) is 2.62. The number of hydrogen-bond acceptors (Lipinski definition) is 3. The van der Waals surface area contributed by atoms with Gasteiger partial charge in [-0.25, -0.2) is 0 Å². The van der Waals surface area contributed by atoms with Crippen LogP contribution >= 0.6 is 11.6 Å². The van der Waals surface area contributed by atoms with Crippen LogP contribution in [0.2, 0.25) is 5.02 Å². The average Bonchev–Trinajstić information content (AvgIpc) is 2.63. The third-order valence-corrected chi connectivity index (χ3v) is 5.90. The zero-order valence-corrected chi connectivity index (χ0v) is 15.3. The first-order valence-corrected chi connectivity index (χ1v) is 9.32. The van der Waals surface area contributed by atoms with E-state index in [-0.39, 0.29) is 17.2 Å². The lowest BCUT2D eigenvalue weighted by atomic mass is 9.72. The molecule has 2 aliphatic rings. The summed E-state index contributed by atoms with van der Waals surface area (Å²) in [7, 11) is 0. The number of aliphatic hydroxyl groups is 1. The van der Waals surface area contributed by atoms with Crippen LogP contribution < -0.4 is 0 Å². The molecule has 2 saturated heterocycles. The predicted molar refractivity (Wildman–Crippen MR) is 96.1 cm³/mol. The van der Waals surface area contributed by atoms with Crippen LogP contribution in [0.5, 0.6) is 0 Å². The molecule has 1 aromatic carbocycles. The highest BCUT2D eigenvalue weighted by molar-refractivity contribution is 6.30. The van der Waals surface area contributed by atoms with E-state index in [0.717, 1.165) is 32.4 Å². The maximum atomic E-state index is 12.6. The summed E-state index contributed by atoms with van der Waals surface area (Å²) in [6.07, 6.45) is 2.09. The lowest BCUT2D eigenvalue weighted by Gasteiger charge is -2.47. The Labute approximate surface area is 153 Å². The molecule has 1 N–H and O–H groups in total. The number of hydrogen-bond donors (Lipinski definition) is 1. The topological polar surface area (TPSA) is 60.9 Å². The Bertz CT molecular complexity index is 656. The van der Waals surface area contributed by atoms with Crippen molar-refractivity contribution in [1.82, 2.24) is 9.80 Å². The number of rotatable bonds is 3. The van der Waals surface area contributed by atoms with Gasteiger partial charge in [0.1, 0.15) is 0 Å². The summed E-state index contributed by atoms with van der Waals surface area (Å²) in [4.78, 5) is 28.2. The van der Waals surface area contributed by atoms with Crippen LogP contribution in [0, 0.1) is 5.41 Å². The molecule has 6 heteroatoms. The number of nitrogens with zero attached hydrogens (tertiary/aromatic N) is 2. The molecule has 2 amide bonds. The number of carbonyl (C=O) groups is 2. The van der Waals surface area contributed by atoms with Crippen LogP contribution in [-0.2, 0) is 9.59 Å². The maximum Gasteiger partial charge on any atom is 0.256 e. The van der Waals surface area contributed by atoms with E-state index in [4.69, 9.17) is 11.6 Å². The average molecular weight is 365 g/mol. The van der Waals surface area contributed by atoms with Crippen molar-refractivity contribution in [2.45, 2.75) is 38.7 Å². The first-order valence-electron chi connectivity index (χ1n) is 8.94. The van der Waals surface area contributed by atoms with Crippen LogP contribution in [0.3, 0.4) is 0 Å². The normalized spacial score (nSPS) is 21.5. The van der Waals surface area contributed by atoms with Gasteiger partial charge in [0.05, 0.1) is 0 Å². The molecule has 0 bridgehead atoms. The fraction of sp³-hybridized carbons (Fsp3) is 0.579. The number of halogens is 1. The van der Waals surface area contributed by atoms with Crippen molar-refractivity contribution in [3.63, 3.8) is 0 Å². The summed E-state index contributed by atoms with van der Waals surface area (Å²) in [6, 6.07) is 6.79. The van der Waals surface area contributed by atoms with Crippen LogP contribution in [0.4, 0.5) is 0 Å². The molecule has 3 rings (SSSR count). The summed E-state index contributed by atoms with van der Waals surface area (Å²) in [6.45, 7) is 4.80. The van der Waals surface area contributed by atoms with Gasteiger partial charge in [0.2, 0.25) is 5.91 Å². The molecule has 0 aliphatic carbocycles. The highest BCUT2D eigenvalue weighted by atomic mass is 35.5. The summed E-state index contributed by atoms with van der Waals surface area (Å²) in [5.74, 6) is -0.0284. The number of benzene rings is 1. The van der Waals surface area contributed by atoms with Gasteiger partial charge in [-0.3, -0.25) is 9.59 Å². The van der Waals surface area contributed by atoms with Gasteiger partial charge in [0, 0.05) is 37.6 Å². The third-order valence-electron chi connectivity index (χ3n) is 5.66. The second-order valence-electron chi connectivity index (χ2n) is 7.19. The van der Waals surface area contributed by atoms with E-state index < -0.39 is 6.10 Å². The van der Waals surface area contributed by atoms with Gasteiger partial charge in [-0.2, -0.15) is 0 Å². The molecule has 1 spiro atoms. The minimum atomic E-state index is -1.17. The number of aliphatic hydroxyl groups excluding tert-OH is 1. The highest BCUT2D eigenvalue weighted by Crippen LogP contribution is 2.40. The zero-order valence-electron chi connectivity index (χ0n) is 14.6. The molecule has 1 aromatic rings. The maximum absolute atomic E-state index is 12.6. The molecular formula is C19H25ClN2O3. The Hall–Kier alpha value is -1.59. The van der Waals surface area contributed by atoms with E-state index >= 15 is 0 Å². The van der Waals surface area contributed by atoms with Gasteiger partial charge >= 0.3 is 0 Å². The molecule has 25 heavy (non-hydrogen) atoms. The summed E-state index contributed by atoms with van der Waals surface area (Å²) in [5.41, 5.74) is 0.653. The lowest BCUT2D eigenvalue weighted by molar-refractivity contribution is -0.147. The minimum absolute atomic E-state index is 0.127. The van der Waals surface area contributed by atoms with Gasteiger partial charge in [-0.1, -0.05) is 23.7 Å². The molecular weight excluding hydrogens is 340 g/mol. The Morgan fingerprint density at radius 3 is 2.68 bits per heavy atom. The quantitative estimate of drug-likeness (QED) is 0.896. The van der Waals surface area contributed by atoms with Crippen LogP contribution in [0.15, 0.2) is 24.3 Å². The van der Waals surface area contributed by atoms with Crippen molar-refractivity contribution >= 4 is 23.4 Å². The molecule has 1 atom stereocenters. The Morgan fingerprint density at radius 1 is 1.32 bits per heavy atom. The fourth-order valence-electron chi connectivity index (χ4n) is 3.99. The van der Waals surface area contributed by atoms with E-state index in [0.29, 0.717) is 30.1 Å². The smallest absolute Gasteiger partial charge is 0.256 e. The zero-order chi connectivity index (χ0) is 18.0. The van der Waals surface area contributed by atoms with Gasteiger partial charge in [0.25, 0.3) is 5.91 Å². The number of carbonyl (C=O) groups excluding carboxylic acids is 2.